The minimum absolute atomic E-state index is 0.0146. The summed E-state index contributed by atoms with van der Waals surface area (Å²) in [6.07, 6.45) is 0.204. The van der Waals surface area contributed by atoms with Crippen molar-refractivity contribution in [3.8, 4) is 22.6 Å². The summed E-state index contributed by atoms with van der Waals surface area (Å²) < 4.78 is 5.26. The van der Waals surface area contributed by atoms with Crippen LogP contribution in [0.1, 0.15) is 57.0 Å². The summed E-state index contributed by atoms with van der Waals surface area (Å²) in [4.78, 5) is 68.3. The number of carbonyl (C=O) groups excluding carboxylic acids is 5. The first-order valence-electron chi connectivity index (χ1n) is 13.5. The zero-order valence-corrected chi connectivity index (χ0v) is 23.5. The van der Waals surface area contributed by atoms with E-state index in [1.165, 1.54) is 6.07 Å². The van der Waals surface area contributed by atoms with Gasteiger partial charge in [0, 0.05) is 11.3 Å². The molecule has 6 atom stereocenters. The number of carbonyl (C=O) groups is 5. The lowest BCUT2D eigenvalue weighted by Crippen LogP contribution is -2.76. The van der Waals surface area contributed by atoms with Gasteiger partial charge >= 0.3 is 0 Å². The lowest BCUT2D eigenvalue weighted by Gasteiger charge is -2.61. The van der Waals surface area contributed by atoms with Crippen molar-refractivity contribution < 1.29 is 38.9 Å². The van der Waals surface area contributed by atoms with Crippen LogP contribution in [0.2, 0.25) is 0 Å². The van der Waals surface area contributed by atoms with Gasteiger partial charge in [-0.15, -0.1) is 0 Å². The van der Waals surface area contributed by atoms with Crippen molar-refractivity contribution in [2.24, 2.45) is 34.5 Å². The minimum atomic E-state index is -2.70. The van der Waals surface area contributed by atoms with Crippen molar-refractivity contribution in [3.05, 3.63) is 47.5 Å². The fourth-order valence-electron chi connectivity index (χ4n) is 8.18. The Morgan fingerprint density at radius 2 is 1.62 bits per heavy atom. The number of rotatable bonds is 4. The molecule has 0 aromatic heterocycles. The number of ether oxygens (including phenoxy) is 1. The highest BCUT2D eigenvalue weighted by Gasteiger charge is 2.76. The van der Waals surface area contributed by atoms with E-state index in [-0.39, 0.29) is 24.2 Å². The number of aliphatic hydroxyl groups is 1. The number of aromatic hydroxyl groups is 1. The number of fused-ring (bicyclic) bond motifs is 3. The summed E-state index contributed by atoms with van der Waals surface area (Å²) in [5.41, 5.74) is -3.29. The molecule has 210 valence electrons. The molecule has 0 spiro atoms. The summed E-state index contributed by atoms with van der Waals surface area (Å²) in [6, 6.07) is 10.4. The Hall–Kier alpha value is -3.65. The molecule has 0 bridgehead atoms. The van der Waals surface area contributed by atoms with Crippen molar-refractivity contribution in [1.29, 1.82) is 0 Å². The normalized spacial score (nSPS) is 33.4. The van der Waals surface area contributed by atoms with Crippen molar-refractivity contribution in [2.45, 2.75) is 53.1 Å². The standard InChI is InChI=1S/C32H34O8/c1-15(2)24-26(35)22(16(3)33)28(37)32(39)29(38)25-27(36)23-20(13-30(25,4)14-31(24,32)5)19(11-12-21(23)34)17-7-9-18(40-6)10-8-17/h7-12,15,22,24-25,34,39H,13-14H2,1-6H3/t22?,24?,25?,30-,31-,32+/m1/s1. The maximum atomic E-state index is 14.3. The molecule has 8 nitrogen and oxygen atoms in total. The summed E-state index contributed by atoms with van der Waals surface area (Å²) in [7, 11) is 1.56. The van der Waals surface area contributed by atoms with E-state index in [1.54, 1.807) is 53.0 Å². The van der Waals surface area contributed by atoms with Crippen LogP contribution in [-0.2, 0) is 25.6 Å². The second-order valence-electron chi connectivity index (χ2n) is 12.5. The van der Waals surface area contributed by atoms with Crippen molar-refractivity contribution in [3.63, 3.8) is 0 Å². The first-order chi connectivity index (χ1) is 18.6. The van der Waals surface area contributed by atoms with Gasteiger partial charge in [0.25, 0.3) is 0 Å². The first-order valence-corrected chi connectivity index (χ1v) is 13.5. The van der Waals surface area contributed by atoms with Crippen LogP contribution in [0.5, 0.6) is 11.5 Å². The molecule has 3 aliphatic carbocycles. The van der Waals surface area contributed by atoms with Gasteiger partial charge in [-0.3, -0.25) is 24.0 Å². The molecule has 0 aliphatic heterocycles. The third kappa shape index (κ3) is 3.44. The lowest BCUT2D eigenvalue weighted by atomic mass is 9.40. The zero-order valence-electron chi connectivity index (χ0n) is 23.5. The van der Waals surface area contributed by atoms with Gasteiger partial charge in [-0.25, -0.2) is 0 Å². The average Bonchev–Trinajstić information content (AvgIpc) is 2.86. The fourth-order valence-corrected chi connectivity index (χ4v) is 8.18. The maximum absolute atomic E-state index is 14.3. The number of hydrogen-bond acceptors (Lipinski definition) is 8. The summed E-state index contributed by atoms with van der Waals surface area (Å²) in [6.45, 7) is 7.97. The van der Waals surface area contributed by atoms with Crippen LogP contribution in [0.15, 0.2) is 36.4 Å². The molecule has 2 aromatic carbocycles. The molecule has 2 saturated carbocycles. The average molecular weight is 547 g/mol. The second-order valence-corrected chi connectivity index (χ2v) is 12.5. The van der Waals surface area contributed by atoms with Gasteiger partial charge in [0.05, 0.1) is 18.6 Å². The highest BCUT2D eigenvalue weighted by molar-refractivity contribution is 6.32. The number of phenolic OH excluding ortho intramolecular Hbond substituents is 1. The van der Waals surface area contributed by atoms with E-state index >= 15 is 0 Å². The molecule has 40 heavy (non-hydrogen) atoms. The molecule has 2 aromatic rings. The van der Waals surface area contributed by atoms with Gasteiger partial charge in [-0.1, -0.05) is 45.9 Å². The van der Waals surface area contributed by atoms with Crippen LogP contribution >= 0.6 is 0 Å². The molecular weight excluding hydrogens is 512 g/mol. The van der Waals surface area contributed by atoms with Gasteiger partial charge in [0.1, 0.15) is 23.2 Å². The minimum Gasteiger partial charge on any atom is -0.507 e. The predicted molar refractivity (Wildman–Crippen MR) is 145 cm³/mol. The van der Waals surface area contributed by atoms with Gasteiger partial charge in [0.15, 0.2) is 28.7 Å². The topological polar surface area (TPSA) is 135 Å². The Morgan fingerprint density at radius 3 is 2.17 bits per heavy atom. The Kier molecular flexibility index (Phi) is 6.23. The number of Topliss-reactive ketones (excluding diaryl/α,β-unsaturated/α-hetero) is 5. The highest BCUT2D eigenvalue weighted by Crippen LogP contribution is 2.64. The summed E-state index contributed by atoms with van der Waals surface area (Å²) in [5, 5.41) is 22.9. The van der Waals surface area contributed by atoms with Crippen LogP contribution in [0.4, 0.5) is 0 Å². The van der Waals surface area contributed by atoms with E-state index in [0.717, 1.165) is 12.5 Å². The van der Waals surface area contributed by atoms with E-state index in [1.807, 2.05) is 12.1 Å². The van der Waals surface area contributed by atoms with Crippen LogP contribution in [0, 0.1) is 34.5 Å². The number of hydrogen-bond donors (Lipinski definition) is 2. The van der Waals surface area contributed by atoms with E-state index in [2.05, 4.69) is 0 Å². The van der Waals surface area contributed by atoms with E-state index < -0.39 is 69.0 Å². The summed E-state index contributed by atoms with van der Waals surface area (Å²) in [5.74, 6) is -8.35. The van der Waals surface area contributed by atoms with Crippen LogP contribution < -0.4 is 4.74 Å². The molecule has 5 rings (SSSR count). The van der Waals surface area contributed by atoms with Crippen molar-refractivity contribution in [1.82, 2.24) is 0 Å². The van der Waals surface area contributed by atoms with Crippen LogP contribution in [0.25, 0.3) is 11.1 Å². The van der Waals surface area contributed by atoms with Gasteiger partial charge in [-0.05, 0) is 66.0 Å². The molecule has 3 unspecified atom stereocenters. The van der Waals surface area contributed by atoms with Gasteiger partial charge in [-0.2, -0.15) is 0 Å². The number of benzene rings is 2. The number of ketones is 5. The molecule has 0 amide bonds. The van der Waals surface area contributed by atoms with Gasteiger partial charge in [0.2, 0.25) is 0 Å². The van der Waals surface area contributed by atoms with Crippen LogP contribution in [-0.4, -0.2) is 51.8 Å². The molecule has 2 fully saturated rings. The van der Waals surface area contributed by atoms with Crippen molar-refractivity contribution >= 4 is 28.9 Å². The number of phenols is 1. The molecular formula is C32H34O8. The molecule has 0 saturated heterocycles. The van der Waals surface area contributed by atoms with E-state index in [4.69, 9.17) is 4.74 Å². The Bertz CT molecular complexity index is 1490. The lowest BCUT2D eigenvalue weighted by molar-refractivity contribution is -0.205. The third-order valence-electron chi connectivity index (χ3n) is 9.66. The smallest absolute Gasteiger partial charge is 0.190 e. The molecule has 3 aliphatic rings. The second kappa shape index (κ2) is 8.93. The molecule has 0 heterocycles. The molecule has 2 N–H and O–H groups in total. The largest absolute Gasteiger partial charge is 0.507 e. The van der Waals surface area contributed by atoms with Crippen molar-refractivity contribution in [2.75, 3.05) is 7.11 Å². The number of methoxy groups -OCH3 is 1. The molecule has 0 radical (unpaired) electrons. The maximum Gasteiger partial charge on any atom is 0.190 e. The van der Waals surface area contributed by atoms with Crippen LogP contribution in [0.3, 0.4) is 0 Å². The SMILES string of the molecule is COc1ccc(-c2ccc(O)c3c2C[C@]2(C)C[C@]4(C)C(C(C)C)C(=O)C(C(C)=O)C(=O)[C@]4(O)C(=O)C2C3=O)cc1. The Morgan fingerprint density at radius 1 is 1.00 bits per heavy atom. The highest BCUT2D eigenvalue weighted by atomic mass is 16.5. The van der Waals surface area contributed by atoms with E-state index in [0.29, 0.717) is 16.9 Å². The Labute approximate surface area is 232 Å². The third-order valence-corrected chi connectivity index (χ3v) is 9.66. The quantitative estimate of drug-likeness (QED) is 0.554. The summed E-state index contributed by atoms with van der Waals surface area (Å²) >= 11 is 0. The molecule has 8 heteroatoms. The zero-order chi connectivity index (χ0) is 29.5. The Balaban J connectivity index is 1.73. The van der Waals surface area contributed by atoms with E-state index in [9.17, 15) is 34.2 Å². The van der Waals surface area contributed by atoms with Gasteiger partial charge < -0.3 is 14.9 Å². The predicted octanol–water partition coefficient (Wildman–Crippen LogP) is 3.77. The first kappa shape index (κ1) is 27.9. The monoisotopic (exact) mass is 546 g/mol. The fraction of sp³-hybridized carbons (Fsp3) is 0.469.